The van der Waals surface area contributed by atoms with Gasteiger partial charge < -0.3 is 10.3 Å². The Kier molecular flexibility index (Phi) is 5.78. The number of aromatic nitrogens is 1. The van der Waals surface area contributed by atoms with Crippen molar-refractivity contribution in [2.75, 3.05) is 12.4 Å². The molecule has 0 aliphatic rings. The number of hydrogen-bond donors (Lipinski definition) is 2. The number of rotatable bonds is 3. The molecule has 0 aliphatic carbocycles. The number of H-pyrrole nitrogens is 1. The first kappa shape index (κ1) is 15.8. The lowest BCUT2D eigenvalue weighted by molar-refractivity contribution is 0.923. The minimum absolute atomic E-state index is 0.0521. The Balaban J connectivity index is 0.000000160. The van der Waals surface area contributed by atoms with Crippen LogP contribution in [0.5, 0.6) is 0 Å². The summed E-state index contributed by atoms with van der Waals surface area (Å²) in [7, 11) is 1.97. The molecule has 1 aromatic heterocycles. The predicted molar refractivity (Wildman–Crippen MR) is 94.6 cm³/mol. The number of pyridine rings is 1. The van der Waals surface area contributed by atoms with Gasteiger partial charge in [0.1, 0.15) is 0 Å². The molecular weight excluding hydrogens is 272 g/mol. The van der Waals surface area contributed by atoms with Crippen molar-refractivity contribution in [3.05, 3.63) is 76.6 Å². The van der Waals surface area contributed by atoms with E-state index in [1.165, 1.54) is 23.7 Å². The molecule has 114 valence electrons. The molecule has 2 N–H and O–H groups in total. The Morgan fingerprint density at radius 2 is 1.68 bits per heavy atom. The zero-order chi connectivity index (χ0) is 15.8. The van der Waals surface area contributed by atoms with E-state index in [2.05, 4.69) is 41.5 Å². The van der Waals surface area contributed by atoms with E-state index in [0.717, 1.165) is 17.3 Å². The summed E-state index contributed by atoms with van der Waals surface area (Å²) in [5.41, 5.74) is 3.51. The number of aryl methyl sites for hydroxylation is 1. The smallest absolute Gasteiger partial charge is 0.248 e. The maximum atomic E-state index is 10.8. The van der Waals surface area contributed by atoms with Crippen molar-refractivity contribution in [3.63, 3.8) is 0 Å². The molecule has 2 aromatic carbocycles. The van der Waals surface area contributed by atoms with E-state index in [9.17, 15) is 4.79 Å². The van der Waals surface area contributed by atoms with Gasteiger partial charge in [0.2, 0.25) is 5.56 Å². The average Bonchev–Trinajstić information content (AvgIpc) is 2.56. The van der Waals surface area contributed by atoms with Gasteiger partial charge in [-0.15, -0.1) is 0 Å². The van der Waals surface area contributed by atoms with Gasteiger partial charge in [0, 0.05) is 24.3 Å². The summed E-state index contributed by atoms with van der Waals surface area (Å²) in [5.74, 6) is 0. The number of fused-ring (bicyclic) bond motifs is 1. The van der Waals surface area contributed by atoms with Crippen molar-refractivity contribution >= 4 is 16.6 Å². The Hall–Kier alpha value is -2.55. The molecular formula is C19H22N2O. The maximum absolute atomic E-state index is 10.8. The summed E-state index contributed by atoms with van der Waals surface area (Å²) < 4.78 is 0. The van der Waals surface area contributed by atoms with Gasteiger partial charge in [-0.1, -0.05) is 49.7 Å². The van der Waals surface area contributed by atoms with Crippen molar-refractivity contribution in [1.82, 2.24) is 4.98 Å². The van der Waals surface area contributed by atoms with Crippen molar-refractivity contribution in [1.29, 1.82) is 0 Å². The highest BCUT2D eigenvalue weighted by Crippen LogP contribution is 2.15. The van der Waals surface area contributed by atoms with Crippen LogP contribution in [0.4, 0.5) is 5.69 Å². The molecule has 0 fully saturated rings. The number of benzene rings is 2. The number of nitrogens with one attached hydrogen (secondary N) is 2. The van der Waals surface area contributed by atoms with Gasteiger partial charge in [0.15, 0.2) is 0 Å². The number of aromatic amines is 1. The molecule has 0 atom stereocenters. The molecule has 0 saturated heterocycles. The van der Waals surface area contributed by atoms with Gasteiger partial charge >= 0.3 is 0 Å². The fourth-order valence-electron chi connectivity index (χ4n) is 2.35. The maximum Gasteiger partial charge on any atom is 0.248 e. The summed E-state index contributed by atoms with van der Waals surface area (Å²) in [6.45, 7) is 2.20. The molecule has 3 rings (SSSR count). The lowest BCUT2D eigenvalue weighted by Gasteiger charge is -2.06. The standard InChI is InChI=1S/C10H15N.C9H7NO/c1-3-6-9-7-4-5-8-10(9)11-2;11-9-6-5-7-3-1-2-4-8(7)10-9/h4-5,7-8,11H,3,6H2,1-2H3;1-6H,(H,10,11). The summed E-state index contributed by atoms with van der Waals surface area (Å²) in [6.07, 6.45) is 2.37. The minimum atomic E-state index is -0.0521. The second-order valence-corrected chi connectivity index (χ2v) is 5.07. The zero-order valence-corrected chi connectivity index (χ0v) is 13.1. The quantitative estimate of drug-likeness (QED) is 0.760. The van der Waals surface area contributed by atoms with Crippen LogP contribution in [0.15, 0.2) is 65.5 Å². The Morgan fingerprint density at radius 3 is 2.45 bits per heavy atom. The molecule has 0 saturated carbocycles. The highest BCUT2D eigenvalue weighted by atomic mass is 16.1. The van der Waals surface area contributed by atoms with E-state index < -0.39 is 0 Å². The van der Waals surface area contributed by atoms with Crippen LogP contribution in [0.2, 0.25) is 0 Å². The highest BCUT2D eigenvalue weighted by molar-refractivity contribution is 5.77. The molecule has 3 heteroatoms. The largest absolute Gasteiger partial charge is 0.388 e. The molecule has 3 nitrogen and oxygen atoms in total. The van der Waals surface area contributed by atoms with E-state index in [1.807, 2.05) is 37.4 Å². The third kappa shape index (κ3) is 4.22. The van der Waals surface area contributed by atoms with Crippen molar-refractivity contribution < 1.29 is 0 Å². The van der Waals surface area contributed by atoms with Crippen LogP contribution >= 0.6 is 0 Å². The Bertz CT molecular complexity index is 777. The van der Waals surface area contributed by atoms with E-state index in [-0.39, 0.29) is 5.56 Å². The van der Waals surface area contributed by atoms with Crippen LogP contribution in [-0.4, -0.2) is 12.0 Å². The highest BCUT2D eigenvalue weighted by Gasteiger charge is 1.95. The zero-order valence-electron chi connectivity index (χ0n) is 13.1. The minimum Gasteiger partial charge on any atom is -0.388 e. The third-order valence-corrected chi connectivity index (χ3v) is 3.44. The molecule has 0 unspecified atom stereocenters. The Morgan fingerprint density at radius 1 is 0.955 bits per heavy atom. The first-order valence-electron chi connectivity index (χ1n) is 7.58. The van der Waals surface area contributed by atoms with Gasteiger partial charge in [-0.05, 0) is 35.6 Å². The first-order valence-corrected chi connectivity index (χ1v) is 7.58. The van der Waals surface area contributed by atoms with E-state index >= 15 is 0 Å². The fourth-order valence-corrected chi connectivity index (χ4v) is 2.35. The van der Waals surface area contributed by atoms with Crippen LogP contribution < -0.4 is 10.9 Å². The summed E-state index contributed by atoms with van der Waals surface area (Å²) in [4.78, 5) is 13.6. The van der Waals surface area contributed by atoms with Crippen LogP contribution in [0.1, 0.15) is 18.9 Å². The number of hydrogen-bond acceptors (Lipinski definition) is 2. The lowest BCUT2D eigenvalue weighted by atomic mass is 10.1. The summed E-state index contributed by atoms with van der Waals surface area (Å²) in [6, 6.07) is 19.5. The molecule has 0 aliphatic heterocycles. The fraction of sp³-hybridized carbons (Fsp3) is 0.211. The van der Waals surface area contributed by atoms with Crippen molar-refractivity contribution in [3.8, 4) is 0 Å². The topological polar surface area (TPSA) is 44.9 Å². The van der Waals surface area contributed by atoms with Crippen LogP contribution in [-0.2, 0) is 6.42 Å². The number of para-hydroxylation sites is 2. The normalized spacial score (nSPS) is 9.91. The van der Waals surface area contributed by atoms with Gasteiger partial charge in [0.25, 0.3) is 0 Å². The Labute approximate surface area is 131 Å². The van der Waals surface area contributed by atoms with E-state index in [4.69, 9.17) is 0 Å². The third-order valence-electron chi connectivity index (χ3n) is 3.44. The summed E-state index contributed by atoms with van der Waals surface area (Å²) in [5, 5.41) is 4.24. The molecule has 0 amide bonds. The molecule has 1 heterocycles. The summed E-state index contributed by atoms with van der Waals surface area (Å²) >= 11 is 0. The SMILES string of the molecule is CCCc1ccccc1NC.O=c1ccc2ccccc2[nH]1. The molecule has 22 heavy (non-hydrogen) atoms. The molecule has 0 bridgehead atoms. The van der Waals surface area contributed by atoms with Crippen LogP contribution in [0.3, 0.4) is 0 Å². The second kappa shape index (κ2) is 8.03. The van der Waals surface area contributed by atoms with Crippen LogP contribution in [0, 0.1) is 0 Å². The van der Waals surface area contributed by atoms with Crippen molar-refractivity contribution in [2.45, 2.75) is 19.8 Å². The lowest BCUT2D eigenvalue weighted by Crippen LogP contribution is -2.01. The van der Waals surface area contributed by atoms with Gasteiger partial charge in [0.05, 0.1) is 0 Å². The van der Waals surface area contributed by atoms with Gasteiger partial charge in [-0.2, -0.15) is 0 Å². The molecule has 0 spiro atoms. The van der Waals surface area contributed by atoms with Crippen molar-refractivity contribution in [2.24, 2.45) is 0 Å². The molecule has 0 radical (unpaired) electrons. The average molecular weight is 294 g/mol. The molecule has 3 aromatic rings. The van der Waals surface area contributed by atoms with E-state index in [0.29, 0.717) is 0 Å². The predicted octanol–water partition coefficient (Wildman–Crippen LogP) is 4.21. The van der Waals surface area contributed by atoms with Gasteiger partial charge in [-0.3, -0.25) is 4.79 Å². The second-order valence-electron chi connectivity index (χ2n) is 5.07. The van der Waals surface area contributed by atoms with Crippen LogP contribution in [0.25, 0.3) is 10.9 Å². The van der Waals surface area contributed by atoms with Gasteiger partial charge in [-0.25, -0.2) is 0 Å². The number of anilines is 1. The first-order chi connectivity index (χ1) is 10.7. The monoisotopic (exact) mass is 294 g/mol. The van der Waals surface area contributed by atoms with E-state index in [1.54, 1.807) is 0 Å².